The summed E-state index contributed by atoms with van der Waals surface area (Å²) in [6, 6.07) is 11.4. The fraction of sp³-hybridized carbons (Fsp3) is 0.100. The van der Waals surface area contributed by atoms with Crippen LogP contribution in [0, 0.1) is 11.6 Å². The number of rotatable bonds is 3. The number of fused-ring (bicyclic) bond motifs is 1. The second kappa shape index (κ2) is 7.20. The van der Waals surface area contributed by atoms with Crippen LogP contribution < -0.4 is 10.2 Å². The average Bonchev–Trinajstić information content (AvgIpc) is 3.28. The zero-order valence-electron chi connectivity index (χ0n) is 14.3. The molecule has 28 heavy (non-hydrogen) atoms. The Labute approximate surface area is 167 Å². The van der Waals surface area contributed by atoms with Crippen LogP contribution in [-0.2, 0) is 6.42 Å². The standard InChI is InChI=1S/C20H13BrF2N2O3/c21-18-5-4-17(28-18)19(26)24-13-3-1-2-11(8-13)20(27)25-7-6-14-15(23)9-12(22)10-16(14)25/h1-5,8-10H,6-7H2,(H,24,26). The Kier molecular flexibility index (Phi) is 4.72. The molecular formula is C20H13BrF2N2O3. The van der Waals surface area contributed by atoms with Crippen LogP contribution in [0.2, 0.25) is 0 Å². The molecule has 0 bridgehead atoms. The Morgan fingerprint density at radius 2 is 1.93 bits per heavy atom. The van der Waals surface area contributed by atoms with Crippen molar-refractivity contribution >= 4 is 39.1 Å². The molecule has 0 atom stereocenters. The highest BCUT2D eigenvalue weighted by Gasteiger charge is 2.28. The minimum atomic E-state index is -0.735. The summed E-state index contributed by atoms with van der Waals surface area (Å²) in [4.78, 5) is 26.4. The molecule has 0 radical (unpaired) electrons. The van der Waals surface area contributed by atoms with E-state index < -0.39 is 23.4 Å². The van der Waals surface area contributed by atoms with E-state index in [4.69, 9.17) is 4.42 Å². The van der Waals surface area contributed by atoms with Crippen LogP contribution in [0.4, 0.5) is 20.2 Å². The molecule has 2 amide bonds. The molecule has 1 aliphatic rings. The molecule has 0 spiro atoms. The Morgan fingerprint density at radius 3 is 2.68 bits per heavy atom. The number of carbonyl (C=O) groups is 2. The summed E-state index contributed by atoms with van der Waals surface area (Å²) < 4.78 is 33.1. The molecule has 1 N–H and O–H groups in total. The van der Waals surface area contributed by atoms with E-state index in [-0.39, 0.29) is 23.6 Å². The molecular weight excluding hydrogens is 434 g/mol. The van der Waals surface area contributed by atoms with Gasteiger partial charge in [-0.15, -0.1) is 0 Å². The van der Waals surface area contributed by atoms with E-state index >= 15 is 0 Å². The molecule has 5 nitrogen and oxygen atoms in total. The Hall–Kier alpha value is -3.00. The lowest BCUT2D eigenvalue weighted by atomic mass is 10.1. The fourth-order valence-corrected chi connectivity index (χ4v) is 3.45. The van der Waals surface area contributed by atoms with Crippen molar-refractivity contribution in [3.05, 3.63) is 81.7 Å². The number of amides is 2. The third-order valence-corrected chi connectivity index (χ3v) is 4.85. The molecule has 8 heteroatoms. The number of anilines is 2. The van der Waals surface area contributed by atoms with E-state index in [1.54, 1.807) is 24.3 Å². The number of hydrogen-bond acceptors (Lipinski definition) is 3. The van der Waals surface area contributed by atoms with Crippen molar-refractivity contribution in [3.8, 4) is 0 Å². The number of nitrogens with zero attached hydrogens (tertiary/aromatic N) is 1. The van der Waals surface area contributed by atoms with Gasteiger partial charge < -0.3 is 14.6 Å². The van der Waals surface area contributed by atoms with Crippen molar-refractivity contribution in [2.45, 2.75) is 6.42 Å². The van der Waals surface area contributed by atoms with Crippen LogP contribution in [0.15, 0.2) is 57.6 Å². The molecule has 0 aliphatic carbocycles. The maximum Gasteiger partial charge on any atom is 0.291 e. The number of benzene rings is 2. The van der Waals surface area contributed by atoms with Crippen LogP contribution >= 0.6 is 15.9 Å². The molecule has 142 valence electrons. The highest BCUT2D eigenvalue weighted by molar-refractivity contribution is 9.10. The summed E-state index contributed by atoms with van der Waals surface area (Å²) in [6.07, 6.45) is 0.316. The van der Waals surface area contributed by atoms with Crippen molar-refractivity contribution in [3.63, 3.8) is 0 Å². The molecule has 2 aromatic carbocycles. The lowest BCUT2D eigenvalue weighted by molar-refractivity contribution is 0.0982. The average molecular weight is 447 g/mol. The van der Waals surface area contributed by atoms with Crippen molar-refractivity contribution in [1.82, 2.24) is 0 Å². The van der Waals surface area contributed by atoms with Crippen LogP contribution in [0.3, 0.4) is 0 Å². The quantitative estimate of drug-likeness (QED) is 0.629. The Bertz CT molecular complexity index is 1100. The monoisotopic (exact) mass is 446 g/mol. The van der Waals surface area contributed by atoms with Gasteiger partial charge in [0.15, 0.2) is 10.4 Å². The van der Waals surface area contributed by atoms with Gasteiger partial charge in [0.25, 0.3) is 11.8 Å². The smallest absolute Gasteiger partial charge is 0.291 e. The number of carbonyl (C=O) groups excluding carboxylic acids is 2. The molecule has 0 fully saturated rings. The summed E-state index contributed by atoms with van der Waals surface area (Å²) in [6.45, 7) is 0.256. The van der Waals surface area contributed by atoms with Crippen molar-refractivity contribution in [1.29, 1.82) is 0 Å². The number of nitrogens with one attached hydrogen (secondary N) is 1. The largest absolute Gasteiger partial charge is 0.444 e. The molecule has 3 aromatic rings. The molecule has 0 saturated heterocycles. The van der Waals surface area contributed by atoms with Gasteiger partial charge in [0, 0.05) is 29.4 Å². The zero-order valence-corrected chi connectivity index (χ0v) is 15.9. The third kappa shape index (κ3) is 3.43. The van der Waals surface area contributed by atoms with Gasteiger partial charge in [0.2, 0.25) is 0 Å². The molecule has 2 heterocycles. The summed E-state index contributed by atoms with van der Waals surface area (Å²) in [7, 11) is 0. The van der Waals surface area contributed by atoms with Gasteiger partial charge >= 0.3 is 0 Å². The topological polar surface area (TPSA) is 62.6 Å². The molecule has 0 saturated carbocycles. The maximum atomic E-state index is 13.9. The van der Waals surface area contributed by atoms with Crippen LogP contribution in [0.1, 0.15) is 26.5 Å². The third-order valence-electron chi connectivity index (χ3n) is 4.42. The van der Waals surface area contributed by atoms with Crippen molar-refractivity contribution in [2.24, 2.45) is 0 Å². The highest BCUT2D eigenvalue weighted by Crippen LogP contribution is 2.32. The normalized spacial score (nSPS) is 12.8. The van der Waals surface area contributed by atoms with Gasteiger partial charge in [0.05, 0.1) is 5.69 Å². The lowest BCUT2D eigenvalue weighted by Gasteiger charge is -2.18. The van der Waals surface area contributed by atoms with Crippen molar-refractivity contribution < 1.29 is 22.8 Å². The van der Waals surface area contributed by atoms with Crippen LogP contribution in [0.5, 0.6) is 0 Å². The van der Waals surface area contributed by atoms with Gasteiger partial charge in [-0.1, -0.05) is 6.07 Å². The Morgan fingerprint density at radius 1 is 1.11 bits per heavy atom. The van der Waals surface area contributed by atoms with Gasteiger partial charge in [0.1, 0.15) is 11.6 Å². The van der Waals surface area contributed by atoms with E-state index in [2.05, 4.69) is 21.2 Å². The first-order valence-corrected chi connectivity index (χ1v) is 9.18. The number of halogens is 3. The predicted molar refractivity (Wildman–Crippen MR) is 103 cm³/mol. The maximum absolute atomic E-state index is 13.9. The Balaban J connectivity index is 1.57. The van der Waals surface area contributed by atoms with Gasteiger partial charge in [-0.25, -0.2) is 8.78 Å². The van der Waals surface area contributed by atoms with E-state index in [1.807, 2.05) is 0 Å². The number of furan rings is 1. The second-order valence-electron chi connectivity index (χ2n) is 6.23. The second-order valence-corrected chi connectivity index (χ2v) is 7.01. The van der Waals surface area contributed by atoms with Crippen LogP contribution in [-0.4, -0.2) is 18.4 Å². The number of hydrogen-bond donors (Lipinski definition) is 1. The van der Waals surface area contributed by atoms with E-state index in [9.17, 15) is 18.4 Å². The van der Waals surface area contributed by atoms with Gasteiger partial charge in [-0.2, -0.15) is 0 Å². The molecule has 4 rings (SSSR count). The van der Waals surface area contributed by atoms with Gasteiger partial charge in [-0.05, 0) is 58.7 Å². The summed E-state index contributed by atoms with van der Waals surface area (Å²) in [5, 5.41) is 2.65. The highest BCUT2D eigenvalue weighted by atomic mass is 79.9. The molecule has 1 aromatic heterocycles. The zero-order chi connectivity index (χ0) is 19.8. The summed E-state index contributed by atoms with van der Waals surface area (Å²) in [5.41, 5.74) is 1.24. The summed E-state index contributed by atoms with van der Waals surface area (Å²) in [5.74, 6) is -2.15. The van der Waals surface area contributed by atoms with E-state index in [0.29, 0.717) is 22.3 Å². The van der Waals surface area contributed by atoms with E-state index in [1.165, 1.54) is 17.0 Å². The minimum absolute atomic E-state index is 0.114. The first-order valence-electron chi connectivity index (χ1n) is 8.39. The van der Waals surface area contributed by atoms with Crippen LogP contribution in [0.25, 0.3) is 0 Å². The lowest BCUT2D eigenvalue weighted by Crippen LogP contribution is -2.29. The first-order chi connectivity index (χ1) is 13.4. The predicted octanol–water partition coefficient (Wildman–Crippen LogP) is 4.78. The minimum Gasteiger partial charge on any atom is -0.444 e. The first kappa shape index (κ1) is 18.4. The SMILES string of the molecule is O=C(Nc1cccc(C(=O)N2CCc3c(F)cc(F)cc32)c1)c1ccc(Br)o1. The van der Waals surface area contributed by atoms with Crippen molar-refractivity contribution in [2.75, 3.05) is 16.8 Å². The fourth-order valence-electron chi connectivity index (χ4n) is 3.15. The van der Waals surface area contributed by atoms with Gasteiger partial charge in [-0.3, -0.25) is 9.59 Å². The molecule has 1 aliphatic heterocycles. The summed E-state index contributed by atoms with van der Waals surface area (Å²) >= 11 is 3.13. The molecule has 0 unspecified atom stereocenters. The van der Waals surface area contributed by atoms with E-state index in [0.717, 1.165) is 12.1 Å².